The lowest BCUT2D eigenvalue weighted by Gasteiger charge is -2.33. The molecule has 0 aromatic carbocycles. The maximum absolute atomic E-state index is 12.2. The molecule has 1 aliphatic heterocycles. The van der Waals surface area contributed by atoms with Crippen LogP contribution in [0, 0.1) is 0 Å². The lowest BCUT2D eigenvalue weighted by molar-refractivity contribution is -0.133. The normalized spacial score (nSPS) is 19.9. The number of halogens is 1. The molecule has 2 rings (SSSR count). The van der Waals surface area contributed by atoms with E-state index in [9.17, 15) is 9.59 Å². The number of carbonyl (C=O) groups excluding carboxylic acids is 2. The van der Waals surface area contributed by atoms with Crippen molar-refractivity contribution in [3.8, 4) is 0 Å². The number of furan rings is 1. The highest BCUT2D eigenvalue weighted by molar-refractivity contribution is 5.97. The summed E-state index contributed by atoms with van der Waals surface area (Å²) in [5, 5.41) is 5.96. The fourth-order valence-corrected chi connectivity index (χ4v) is 2.14. The van der Waals surface area contributed by atoms with E-state index in [1.54, 1.807) is 17.9 Å². The summed E-state index contributed by atoms with van der Waals surface area (Å²) in [6, 6.07) is 1.32. The third-order valence-corrected chi connectivity index (χ3v) is 3.18. The van der Waals surface area contributed by atoms with Crippen LogP contribution in [0.3, 0.4) is 0 Å². The molecular weight excluding hydrogens is 282 g/mol. The number of carbonyl (C=O) groups is 2. The summed E-state index contributed by atoms with van der Waals surface area (Å²) in [4.78, 5) is 25.8. The van der Waals surface area contributed by atoms with E-state index >= 15 is 0 Å². The van der Waals surface area contributed by atoms with Crippen LogP contribution in [-0.4, -0.2) is 48.4 Å². The minimum Gasteiger partial charge on any atom is -0.472 e. The molecule has 0 saturated carbocycles. The first kappa shape index (κ1) is 16.5. The first-order valence-electron chi connectivity index (χ1n) is 6.43. The second-order valence-electron chi connectivity index (χ2n) is 4.85. The van der Waals surface area contributed by atoms with Gasteiger partial charge in [0, 0.05) is 25.7 Å². The molecule has 2 heterocycles. The van der Waals surface area contributed by atoms with E-state index in [-0.39, 0.29) is 30.3 Å². The van der Waals surface area contributed by atoms with Crippen molar-refractivity contribution in [1.82, 2.24) is 15.5 Å². The van der Waals surface area contributed by atoms with Gasteiger partial charge in [0.25, 0.3) is 5.91 Å². The number of hydrogen-bond acceptors (Lipinski definition) is 4. The molecular formula is C13H20ClN3O3. The quantitative estimate of drug-likeness (QED) is 0.859. The molecule has 20 heavy (non-hydrogen) atoms. The molecule has 112 valence electrons. The van der Waals surface area contributed by atoms with Crippen molar-refractivity contribution >= 4 is 24.2 Å². The van der Waals surface area contributed by atoms with Gasteiger partial charge in [0.15, 0.2) is 0 Å². The predicted octanol–water partition coefficient (Wildman–Crippen LogP) is 0.640. The summed E-state index contributed by atoms with van der Waals surface area (Å²) in [6.07, 6.45) is 2.79. The Morgan fingerprint density at radius 1 is 1.55 bits per heavy atom. The van der Waals surface area contributed by atoms with Crippen molar-refractivity contribution in [2.45, 2.75) is 25.9 Å². The zero-order valence-electron chi connectivity index (χ0n) is 11.6. The van der Waals surface area contributed by atoms with Crippen LogP contribution < -0.4 is 10.6 Å². The first-order chi connectivity index (χ1) is 9.08. The van der Waals surface area contributed by atoms with Gasteiger partial charge in [-0.2, -0.15) is 0 Å². The van der Waals surface area contributed by atoms with Crippen LogP contribution in [0.25, 0.3) is 0 Å². The van der Waals surface area contributed by atoms with Crippen LogP contribution in [-0.2, 0) is 4.79 Å². The molecule has 1 aromatic heterocycles. The van der Waals surface area contributed by atoms with Crippen molar-refractivity contribution in [3.05, 3.63) is 24.2 Å². The van der Waals surface area contributed by atoms with E-state index in [0.717, 1.165) is 6.54 Å². The molecule has 0 radical (unpaired) electrons. The van der Waals surface area contributed by atoms with Crippen molar-refractivity contribution in [2.24, 2.45) is 0 Å². The Labute approximate surface area is 124 Å². The summed E-state index contributed by atoms with van der Waals surface area (Å²) in [5.74, 6) is -0.344. The number of hydrogen-bond donors (Lipinski definition) is 2. The van der Waals surface area contributed by atoms with Crippen LogP contribution in [0.1, 0.15) is 24.2 Å². The van der Waals surface area contributed by atoms with Crippen LogP contribution >= 0.6 is 12.4 Å². The number of nitrogens with one attached hydrogen (secondary N) is 2. The van der Waals surface area contributed by atoms with E-state index < -0.39 is 6.04 Å². The summed E-state index contributed by atoms with van der Waals surface area (Å²) in [7, 11) is 0. The Hall–Kier alpha value is -1.53. The molecule has 1 aliphatic rings. The molecule has 2 N–H and O–H groups in total. The summed E-state index contributed by atoms with van der Waals surface area (Å²) >= 11 is 0. The number of nitrogens with zero attached hydrogens (tertiary/aromatic N) is 1. The smallest absolute Gasteiger partial charge is 0.255 e. The predicted molar refractivity (Wildman–Crippen MR) is 76.9 cm³/mol. The first-order valence-corrected chi connectivity index (χ1v) is 6.43. The van der Waals surface area contributed by atoms with Crippen LogP contribution in [0.15, 0.2) is 23.0 Å². The molecule has 2 unspecified atom stereocenters. The Balaban J connectivity index is 0.00000200. The van der Waals surface area contributed by atoms with Crippen molar-refractivity contribution < 1.29 is 14.0 Å². The number of piperazine rings is 1. The van der Waals surface area contributed by atoms with Crippen molar-refractivity contribution in [2.75, 3.05) is 19.6 Å². The third-order valence-electron chi connectivity index (χ3n) is 3.18. The van der Waals surface area contributed by atoms with Gasteiger partial charge in [-0.3, -0.25) is 9.59 Å². The van der Waals surface area contributed by atoms with Gasteiger partial charge in [0.2, 0.25) is 5.91 Å². The Morgan fingerprint density at radius 2 is 2.30 bits per heavy atom. The Morgan fingerprint density at radius 3 is 2.90 bits per heavy atom. The largest absolute Gasteiger partial charge is 0.472 e. The highest BCUT2D eigenvalue weighted by Crippen LogP contribution is 2.04. The van der Waals surface area contributed by atoms with Crippen molar-refractivity contribution in [3.63, 3.8) is 0 Å². The zero-order chi connectivity index (χ0) is 13.8. The number of amides is 2. The van der Waals surface area contributed by atoms with Gasteiger partial charge in [-0.05, 0) is 19.9 Å². The molecule has 0 spiro atoms. The maximum atomic E-state index is 12.2. The Bertz CT molecular complexity index is 450. The lowest BCUT2D eigenvalue weighted by atomic mass is 10.2. The second kappa shape index (κ2) is 7.31. The van der Waals surface area contributed by atoms with Gasteiger partial charge < -0.3 is 20.0 Å². The molecule has 1 aromatic rings. The summed E-state index contributed by atoms with van der Waals surface area (Å²) < 4.78 is 4.84. The van der Waals surface area contributed by atoms with Gasteiger partial charge in [-0.25, -0.2) is 0 Å². The van der Waals surface area contributed by atoms with E-state index in [4.69, 9.17) is 4.42 Å². The Kier molecular flexibility index (Phi) is 6.04. The van der Waals surface area contributed by atoms with Crippen molar-refractivity contribution in [1.29, 1.82) is 0 Å². The van der Waals surface area contributed by atoms with E-state index in [1.807, 2.05) is 6.92 Å². The molecule has 2 amide bonds. The minimum absolute atomic E-state index is 0. The fourth-order valence-electron chi connectivity index (χ4n) is 2.14. The minimum atomic E-state index is -0.535. The molecule has 1 saturated heterocycles. The van der Waals surface area contributed by atoms with E-state index in [0.29, 0.717) is 18.7 Å². The average Bonchev–Trinajstić information content (AvgIpc) is 2.91. The molecule has 1 fully saturated rings. The molecule has 6 nitrogen and oxygen atoms in total. The number of rotatable bonds is 3. The van der Waals surface area contributed by atoms with Gasteiger partial charge >= 0.3 is 0 Å². The standard InChI is InChI=1S/C13H19N3O3.ClH/c1-9-7-16(5-4-14-9)13(18)10(2)15-12(17)11-3-6-19-8-11;/h3,6,8-10,14H,4-5,7H2,1-2H3,(H,15,17);1H. The average molecular weight is 302 g/mol. The monoisotopic (exact) mass is 301 g/mol. The van der Waals surface area contributed by atoms with Gasteiger partial charge in [0.1, 0.15) is 12.3 Å². The molecule has 0 aliphatic carbocycles. The fraction of sp³-hybridized carbons (Fsp3) is 0.538. The van der Waals surface area contributed by atoms with Crippen LogP contribution in [0.4, 0.5) is 0 Å². The van der Waals surface area contributed by atoms with Gasteiger partial charge in [-0.15, -0.1) is 12.4 Å². The molecule has 0 bridgehead atoms. The maximum Gasteiger partial charge on any atom is 0.255 e. The summed E-state index contributed by atoms with van der Waals surface area (Å²) in [6.45, 7) is 5.87. The van der Waals surface area contributed by atoms with Gasteiger partial charge in [-0.1, -0.05) is 0 Å². The molecule has 7 heteroatoms. The lowest BCUT2D eigenvalue weighted by Crippen LogP contribution is -2.56. The third kappa shape index (κ3) is 3.98. The highest BCUT2D eigenvalue weighted by atomic mass is 35.5. The van der Waals surface area contributed by atoms with E-state index in [2.05, 4.69) is 10.6 Å². The van der Waals surface area contributed by atoms with Crippen LogP contribution in [0.5, 0.6) is 0 Å². The topological polar surface area (TPSA) is 74.6 Å². The summed E-state index contributed by atoms with van der Waals surface area (Å²) in [5.41, 5.74) is 0.424. The van der Waals surface area contributed by atoms with Gasteiger partial charge in [0.05, 0.1) is 11.8 Å². The highest BCUT2D eigenvalue weighted by Gasteiger charge is 2.25. The zero-order valence-corrected chi connectivity index (χ0v) is 12.4. The van der Waals surface area contributed by atoms with E-state index in [1.165, 1.54) is 12.5 Å². The SMILES string of the molecule is CC1CN(C(=O)C(C)NC(=O)c2ccoc2)CCN1.Cl. The van der Waals surface area contributed by atoms with Crippen LogP contribution in [0.2, 0.25) is 0 Å². The second-order valence-corrected chi connectivity index (χ2v) is 4.85. The molecule has 2 atom stereocenters.